The minimum Gasteiger partial charge on any atom is -0.352 e. The van der Waals surface area contributed by atoms with Gasteiger partial charge in [0.2, 0.25) is 0 Å². The molecule has 3 heterocycles. The summed E-state index contributed by atoms with van der Waals surface area (Å²) >= 11 is 1.71. The summed E-state index contributed by atoms with van der Waals surface area (Å²) in [4.78, 5) is 16.3. The van der Waals surface area contributed by atoms with Crippen LogP contribution in [0.5, 0.6) is 0 Å². The Hall–Kier alpha value is -2.47. The zero-order valence-electron chi connectivity index (χ0n) is 15.5. The molecule has 3 aromatic rings. The number of benzene rings is 1. The van der Waals surface area contributed by atoms with Crippen molar-refractivity contribution >= 4 is 33.8 Å². The van der Waals surface area contributed by atoms with Crippen molar-refractivity contribution in [1.82, 2.24) is 15.5 Å². The van der Waals surface area contributed by atoms with E-state index in [-0.39, 0.29) is 5.91 Å². The molecular weight excluding hydrogens is 356 g/mol. The van der Waals surface area contributed by atoms with Gasteiger partial charge in [-0.2, -0.15) is 0 Å². The van der Waals surface area contributed by atoms with Crippen LogP contribution >= 0.6 is 11.3 Å². The van der Waals surface area contributed by atoms with Crippen molar-refractivity contribution in [3.05, 3.63) is 52.3 Å². The largest absolute Gasteiger partial charge is 0.352 e. The monoisotopic (exact) mass is 380 g/mol. The molecule has 0 aliphatic carbocycles. The number of anilines is 1. The molecule has 1 aliphatic rings. The number of nitrogens with zero attached hydrogens (tertiary/aromatic N) is 3. The Morgan fingerprint density at radius 3 is 2.81 bits per heavy atom. The molecular formula is C21H24N4OS. The molecule has 0 saturated carbocycles. The fourth-order valence-electron chi connectivity index (χ4n) is 3.72. The third-order valence-electron chi connectivity index (χ3n) is 5.19. The maximum atomic E-state index is 12.7. The van der Waals surface area contributed by atoms with E-state index in [0.29, 0.717) is 18.3 Å². The number of hydrogen-bond acceptors (Lipinski definition) is 5. The molecule has 27 heavy (non-hydrogen) atoms. The van der Waals surface area contributed by atoms with Crippen molar-refractivity contribution in [3.8, 4) is 0 Å². The number of aromatic nitrogens is 2. The fourth-order valence-corrected chi connectivity index (χ4v) is 4.43. The van der Waals surface area contributed by atoms with E-state index in [9.17, 15) is 4.79 Å². The van der Waals surface area contributed by atoms with Gasteiger partial charge in [0.15, 0.2) is 11.5 Å². The van der Waals surface area contributed by atoms with E-state index in [4.69, 9.17) is 0 Å². The van der Waals surface area contributed by atoms with Gasteiger partial charge in [0, 0.05) is 34.8 Å². The van der Waals surface area contributed by atoms with Gasteiger partial charge in [-0.3, -0.25) is 4.79 Å². The molecule has 1 aromatic carbocycles. The van der Waals surface area contributed by atoms with Crippen molar-refractivity contribution in [2.24, 2.45) is 0 Å². The first-order valence-corrected chi connectivity index (χ1v) is 10.4. The molecule has 2 aromatic heterocycles. The molecule has 4 rings (SSSR count). The van der Waals surface area contributed by atoms with Crippen LogP contribution in [0.1, 0.15) is 41.6 Å². The van der Waals surface area contributed by atoms with Gasteiger partial charge in [0.05, 0.1) is 0 Å². The molecule has 0 spiro atoms. The van der Waals surface area contributed by atoms with Crippen LogP contribution in [0, 0.1) is 0 Å². The fraction of sp³-hybridized carbons (Fsp3) is 0.381. The average molecular weight is 381 g/mol. The summed E-state index contributed by atoms with van der Waals surface area (Å²) in [6, 6.07) is 12.5. The highest BCUT2D eigenvalue weighted by Gasteiger charge is 2.24. The minimum absolute atomic E-state index is 0.159. The standard InChI is InChI=1S/C21H24N4OS/c1-15-7-4-5-13-25(15)20-18-10-3-2-9-17(18)19(23-24-20)21(26)22-12-11-16-8-6-14-27-16/h2-3,6,8-10,14-15H,4-5,7,11-13H2,1H3,(H,22,26). The Morgan fingerprint density at radius 1 is 1.19 bits per heavy atom. The zero-order valence-corrected chi connectivity index (χ0v) is 16.3. The second kappa shape index (κ2) is 8.05. The van der Waals surface area contributed by atoms with Gasteiger partial charge >= 0.3 is 0 Å². The number of nitrogens with one attached hydrogen (secondary N) is 1. The van der Waals surface area contributed by atoms with Crippen LogP contribution in [0.25, 0.3) is 10.8 Å². The molecule has 0 bridgehead atoms. The summed E-state index contributed by atoms with van der Waals surface area (Å²) < 4.78 is 0. The number of thiophene rings is 1. The molecule has 6 heteroatoms. The Bertz CT molecular complexity index is 925. The lowest BCUT2D eigenvalue weighted by molar-refractivity contribution is 0.0950. The van der Waals surface area contributed by atoms with Gasteiger partial charge < -0.3 is 10.2 Å². The Morgan fingerprint density at radius 2 is 2.04 bits per heavy atom. The van der Waals surface area contributed by atoms with E-state index in [1.807, 2.05) is 30.3 Å². The van der Waals surface area contributed by atoms with E-state index in [1.54, 1.807) is 11.3 Å². The van der Waals surface area contributed by atoms with E-state index in [2.05, 4.69) is 38.8 Å². The number of carbonyl (C=O) groups is 1. The first kappa shape index (κ1) is 17.9. The normalized spacial score (nSPS) is 17.2. The van der Waals surface area contributed by atoms with Crippen LogP contribution < -0.4 is 10.2 Å². The summed E-state index contributed by atoms with van der Waals surface area (Å²) in [5.74, 6) is 0.737. The SMILES string of the molecule is CC1CCCCN1c1nnc(C(=O)NCCc2cccs2)c2ccccc12. The molecule has 1 atom stereocenters. The lowest BCUT2D eigenvalue weighted by atomic mass is 10.0. The smallest absolute Gasteiger partial charge is 0.272 e. The highest BCUT2D eigenvalue weighted by molar-refractivity contribution is 7.09. The lowest BCUT2D eigenvalue weighted by Crippen LogP contribution is -2.38. The number of piperidine rings is 1. The molecule has 1 aliphatic heterocycles. The zero-order chi connectivity index (χ0) is 18.6. The number of rotatable bonds is 5. The molecule has 1 fully saturated rings. The summed E-state index contributed by atoms with van der Waals surface area (Å²) in [7, 11) is 0. The second-order valence-corrected chi connectivity index (χ2v) is 8.07. The predicted molar refractivity (Wildman–Crippen MR) is 111 cm³/mol. The summed E-state index contributed by atoms with van der Waals surface area (Å²) in [6.45, 7) is 3.83. The van der Waals surface area contributed by atoms with E-state index >= 15 is 0 Å². The minimum atomic E-state index is -0.159. The van der Waals surface area contributed by atoms with Gasteiger partial charge in [0.25, 0.3) is 5.91 Å². The topological polar surface area (TPSA) is 58.1 Å². The van der Waals surface area contributed by atoms with Crippen molar-refractivity contribution in [3.63, 3.8) is 0 Å². The van der Waals surface area contributed by atoms with Crippen LogP contribution in [-0.4, -0.2) is 35.2 Å². The van der Waals surface area contributed by atoms with Gasteiger partial charge in [-0.1, -0.05) is 30.3 Å². The van der Waals surface area contributed by atoms with Gasteiger partial charge in [0.1, 0.15) is 0 Å². The predicted octanol–water partition coefficient (Wildman–Crippen LogP) is 4.04. The number of fused-ring (bicyclic) bond motifs is 1. The molecule has 0 radical (unpaired) electrons. The van der Waals surface area contributed by atoms with Gasteiger partial charge in [-0.25, -0.2) is 0 Å². The van der Waals surface area contributed by atoms with E-state index < -0.39 is 0 Å². The molecule has 140 valence electrons. The van der Waals surface area contributed by atoms with Gasteiger partial charge in [-0.15, -0.1) is 21.5 Å². The summed E-state index contributed by atoms with van der Waals surface area (Å²) in [5, 5.41) is 15.7. The summed E-state index contributed by atoms with van der Waals surface area (Å²) in [5.41, 5.74) is 0.408. The van der Waals surface area contributed by atoms with E-state index in [1.165, 1.54) is 24.1 Å². The molecule has 1 amide bonds. The van der Waals surface area contributed by atoms with Crippen molar-refractivity contribution < 1.29 is 4.79 Å². The highest BCUT2D eigenvalue weighted by atomic mass is 32.1. The maximum Gasteiger partial charge on any atom is 0.272 e. The first-order valence-electron chi connectivity index (χ1n) is 9.56. The molecule has 5 nitrogen and oxygen atoms in total. The summed E-state index contributed by atoms with van der Waals surface area (Å²) in [6.07, 6.45) is 4.43. The maximum absolute atomic E-state index is 12.7. The van der Waals surface area contributed by atoms with Crippen LogP contribution in [-0.2, 0) is 6.42 Å². The van der Waals surface area contributed by atoms with Crippen molar-refractivity contribution in [2.45, 2.75) is 38.6 Å². The first-order chi connectivity index (χ1) is 13.2. The van der Waals surface area contributed by atoms with Crippen molar-refractivity contribution in [1.29, 1.82) is 0 Å². The van der Waals surface area contributed by atoms with Crippen LogP contribution in [0.15, 0.2) is 41.8 Å². The third kappa shape index (κ3) is 3.81. The number of carbonyl (C=O) groups excluding carboxylic acids is 1. The van der Waals surface area contributed by atoms with Crippen LogP contribution in [0.2, 0.25) is 0 Å². The average Bonchev–Trinajstić information content (AvgIpc) is 3.21. The highest BCUT2D eigenvalue weighted by Crippen LogP contribution is 2.30. The number of hydrogen-bond donors (Lipinski definition) is 1. The van der Waals surface area contributed by atoms with Crippen molar-refractivity contribution in [2.75, 3.05) is 18.0 Å². The van der Waals surface area contributed by atoms with Crippen LogP contribution in [0.4, 0.5) is 5.82 Å². The Kier molecular flexibility index (Phi) is 5.34. The number of amides is 1. The lowest BCUT2D eigenvalue weighted by Gasteiger charge is -2.34. The second-order valence-electron chi connectivity index (χ2n) is 7.04. The Balaban J connectivity index is 1.58. The van der Waals surface area contributed by atoms with E-state index in [0.717, 1.165) is 29.6 Å². The molecule has 1 saturated heterocycles. The Labute approximate surface area is 163 Å². The quantitative estimate of drug-likeness (QED) is 0.726. The molecule has 1 unspecified atom stereocenters. The van der Waals surface area contributed by atoms with Gasteiger partial charge in [-0.05, 0) is 44.1 Å². The third-order valence-corrected chi connectivity index (χ3v) is 6.13. The molecule has 1 N–H and O–H groups in total. The van der Waals surface area contributed by atoms with Crippen LogP contribution in [0.3, 0.4) is 0 Å².